The summed E-state index contributed by atoms with van der Waals surface area (Å²) in [4.78, 5) is 24.4. The van der Waals surface area contributed by atoms with E-state index >= 15 is 0 Å². The first-order chi connectivity index (χ1) is 10.1. The number of rotatable bonds is 9. The molecule has 0 aliphatic carbocycles. The summed E-state index contributed by atoms with van der Waals surface area (Å²) >= 11 is 0. The number of carboxylic acids is 1. The van der Waals surface area contributed by atoms with Gasteiger partial charge in [0.1, 0.15) is 5.75 Å². The number of amides is 1. The highest BCUT2D eigenvalue weighted by atomic mass is 16.5. The van der Waals surface area contributed by atoms with Crippen LogP contribution in [0.4, 0.5) is 0 Å². The molecule has 1 amide bonds. The molecule has 5 heteroatoms. The second-order valence-corrected chi connectivity index (χ2v) is 4.88. The molecule has 1 aromatic rings. The number of ether oxygens (including phenoxy) is 1. The molecule has 5 nitrogen and oxygen atoms in total. The van der Waals surface area contributed by atoms with Crippen molar-refractivity contribution in [3.8, 4) is 5.75 Å². The molecule has 0 radical (unpaired) electrons. The van der Waals surface area contributed by atoms with E-state index in [0.717, 1.165) is 25.9 Å². The first kappa shape index (κ1) is 17.0. The molecular weight excluding hydrogens is 270 g/mol. The van der Waals surface area contributed by atoms with E-state index in [4.69, 9.17) is 9.84 Å². The largest absolute Gasteiger partial charge is 0.484 e. The fraction of sp³-hybridized carbons (Fsp3) is 0.500. The standard InChI is InChI=1S/C16H23NO4/c1-3-9-17(10-4-2)15(18)12-21-14-7-5-13(6-8-14)11-16(19)20/h5-8H,3-4,9-12H2,1-2H3,(H,19,20). The maximum absolute atomic E-state index is 12.0. The van der Waals surface area contributed by atoms with Crippen molar-refractivity contribution < 1.29 is 19.4 Å². The first-order valence-electron chi connectivity index (χ1n) is 7.28. The highest BCUT2D eigenvalue weighted by Gasteiger charge is 2.12. The topological polar surface area (TPSA) is 66.8 Å². The Morgan fingerprint density at radius 1 is 1.10 bits per heavy atom. The smallest absolute Gasteiger partial charge is 0.307 e. The van der Waals surface area contributed by atoms with E-state index in [-0.39, 0.29) is 18.9 Å². The van der Waals surface area contributed by atoms with Crippen LogP contribution in [0, 0.1) is 0 Å². The molecule has 1 N–H and O–H groups in total. The maximum atomic E-state index is 12.0. The Labute approximate surface area is 125 Å². The van der Waals surface area contributed by atoms with Gasteiger partial charge in [-0.05, 0) is 30.5 Å². The van der Waals surface area contributed by atoms with E-state index in [1.54, 1.807) is 29.2 Å². The number of carbonyl (C=O) groups excluding carboxylic acids is 1. The second kappa shape index (κ2) is 9.00. The number of benzene rings is 1. The average Bonchev–Trinajstić information content (AvgIpc) is 2.45. The van der Waals surface area contributed by atoms with E-state index < -0.39 is 5.97 Å². The molecule has 0 fully saturated rings. The van der Waals surface area contributed by atoms with Gasteiger partial charge < -0.3 is 14.7 Å². The van der Waals surface area contributed by atoms with Crippen LogP contribution in [0.15, 0.2) is 24.3 Å². The van der Waals surface area contributed by atoms with Crippen molar-refractivity contribution in [1.29, 1.82) is 0 Å². The lowest BCUT2D eigenvalue weighted by molar-refractivity contribution is -0.136. The first-order valence-corrected chi connectivity index (χ1v) is 7.28. The van der Waals surface area contributed by atoms with Crippen LogP contribution in [0.2, 0.25) is 0 Å². The Balaban J connectivity index is 2.49. The Morgan fingerprint density at radius 2 is 1.67 bits per heavy atom. The number of aliphatic carboxylic acids is 1. The molecule has 0 saturated carbocycles. The van der Waals surface area contributed by atoms with Crippen LogP contribution in [-0.2, 0) is 16.0 Å². The Bertz CT molecular complexity index is 450. The zero-order valence-electron chi connectivity index (χ0n) is 12.7. The van der Waals surface area contributed by atoms with Crippen LogP contribution in [-0.4, -0.2) is 41.6 Å². The van der Waals surface area contributed by atoms with Gasteiger partial charge in [0.15, 0.2) is 6.61 Å². The molecule has 0 bridgehead atoms. The van der Waals surface area contributed by atoms with Crippen molar-refractivity contribution in [2.45, 2.75) is 33.1 Å². The van der Waals surface area contributed by atoms with E-state index in [0.29, 0.717) is 11.3 Å². The highest BCUT2D eigenvalue weighted by molar-refractivity contribution is 5.77. The summed E-state index contributed by atoms with van der Waals surface area (Å²) in [5.41, 5.74) is 0.708. The third kappa shape index (κ3) is 6.29. The summed E-state index contributed by atoms with van der Waals surface area (Å²) in [6.07, 6.45) is 1.84. The number of carboxylic acid groups (broad SMARTS) is 1. The lowest BCUT2D eigenvalue weighted by Gasteiger charge is -2.21. The van der Waals surface area contributed by atoms with Crippen LogP contribution >= 0.6 is 0 Å². The van der Waals surface area contributed by atoms with Gasteiger partial charge in [-0.2, -0.15) is 0 Å². The monoisotopic (exact) mass is 293 g/mol. The van der Waals surface area contributed by atoms with Crippen molar-refractivity contribution in [2.75, 3.05) is 19.7 Å². The third-order valence-corrected chi connectivity index (χ3v) is 2.98. The summed E-state index contributed by atoms with van der Waals surface area (Å²) < 4.78 is 5.46. The van der Waals surface area contributed by atoms with Gasteiger partial charge in [0.25, 0.3) is 5.91 Å². The molecule has 1 aromatic carbocycles. The van der Waals surface area contributed by atoms with Crippen LogP contribution < -0.4 is 4.74 Å². The summed E-state index contributed by atoms with van der Waals surface area (Å²) in [5, 5.41) is 8.69. The van der Waals surface area contributed by atoms with E-state index in [1.165, 1.54) is 0 Å². The van der Waals surface area contributed by atoms with Gasteiger partial charge in [-0.3, -0.25) is 9.59 Å². The van der Waals surface area contributed by atoms with Gasteiger partial charge in [0.05, 0.1) is 6.42 Å². The SMILES string of the molecule is CCCN(CCC)C(=O)COc1ccc(CC(=O)O)cc1. The molecule has 0 aromatic heterocycles. The van der Waals surface area contributed by atoms with Crippen LogP contribution in [0.3, 0.4) is 0 Å². The zero-order chi connectivity index (χ0) is 15.7. The summed E-state index contributed by atoms with van der Waals surface area (Å²) in [5.74, 6) is -0.313. The van der Waals surface area contributed by atoms with Gasteiger partial charge in [-0.25, -0.2) is 0 Å². The van der Waals surface area contributed by atoms with Gasteiger partial charge in [0, 0.05) is 13.1 Å². The molecule has 0 spiro atoms. The minimum Gasteiger partial charge on any atom is -0.484 e. The van der Waals surface area contributed by atoms with Gasteiger partial charge in [-0.1, -0.05) is 26.0 Å². The lowest BCUT2D eigenvalue weighted by atomic mass is 10.1. The molecule has 0 aliphatic heterocycles. The van der Waals surface area contributed by atoms with Crippen LogP contribution in [0.5, 0.6) is 5.75 Å². The molecule has 1 rings (SSSR count). The maximum Gasteiger partial charge on any atom is 0.307 e. The van der Waals surface area contributed by atoms with Crippen LogP contribution in [0.1, 0.15) is 32.3 Å². The molecule has 0 atom stereocenters. The minimum absolute atomic E-state index is 0.0122. The van der Waals surface area contributed by atoms with E-state index in [2.05, 4.69) is 0 Å². The van der Waals surface area contributed by atoms with Crippen molar-refractivity contribution in [3.05, 3.63) is 29.8 Å². The van der Waals surface area contributed by atoms with Gasteiger partial charge in [-0.15, -0.1) is 0 Å². The predicted octanol–water partition coefficient (Wildman–Crippen LogP) is 2.34. The average molecular weight is 293 g/mol. The lowest BCUT2D eigenvalue weighted by Crippen LogP contribution is -2.36. The summed E-state index contributed by atoms with van der Waals surface area (Å²) in [6, 6.07) is 6.78. The molecule has 0 unspecified atom stereocenters. The number of hydrogen-bond donors (Lipinski definition) is 1. The fourth-order valence-corrected chi connectivity index (χ4v) is 2.02. The van der Waals surface area contributed by atoms with Gasteiger partial charge in [0.2, 0.25) is 0 Å². The van der Waals surface area contributed by atoms with Crippen molar-refractivity contribution in [2.24, 2.45) is 0 Å². The number of hydrogen-bond acceptors (Lipinski definition) is 3. The van der Waals surface area contributed by atoms with E-state index in [9.17, 15) is 9.59 Å². The van der Waals surface area contributed by atoms with Crippen molar-refractivity contribution in [3.63, 3.8) is 0 Å². The molecular formula is C16H23NO4. The van der Waals surface area contributed by atoms with Crippen molar-refractivity contribution in [1.82, 2.24) is 4.90 Å². The number of nitrogens with zero attached hydrogens (tertiary/aromatic N) is 1. The predicted molar refractivity (Wildman–Crippen MR) is 80.4 cm³/mol. The summed E-state index contributed by atoms with van der Waals surface area (Å²) in [6.45, 7) is 5.58. The fourth-order valence-electron chi connectivity index (χ4n) is 2.02. The molecule has 0 saturated heterocycles. The number of carbonyl (C=O) groups is 2. The van der Waals surface area contributed by atoms with Crippen LogP contribution in [0.25, 0.3) is 0 Å². The second-order valence-electron chi connectivity index (χ2n) is 4.88. The Morgan fingerprint density at radius 3 is 2.14 bits per heavy atom. The molecule has 0 aliphatic rings. The highest BCUT2D eigenvalue weighted by Crippen LogP contribution is 2.13. The van der Waals surface area contributed by atoms with E-state index in [1.807, 2.05) is 13.8 Å². The summed E-state index contributed by atoms with van der Waals surface area (Å²) in [7, 11) is 0. The van der Waals surface area contributed by atoms with Gasteiger partial charge >= 0.3 is 5.97 Å². The quantitative estimate of drug-likeness (QED) is 0.759. The molecule has 0 heterocycles. The third-order valence-electron chi connectivity index (χ3n) is 2.98. The Hall–Kier alpha value is -2.04. The van der Waals surface area contributed by atoms with Crippen molar-refractivity contribution >= 4 is 11.9 Å². The minimum atomic E-state index is -0.867. The molecule has 21 heavy (non-hydrogen) atoms. The molecule has 116 valence electrons. The Kier molecular flexibility index (Phi) is 7.29. The normalized spacial score (nSPS) is 10.2. The zero-order valence-corrected chi connectivity index (χ0v) is 12.7.